The van der Waals surface area contributed by atoms with Gasteiger partial charge in [0.05, 0.1) is 17.4 Å². The molecule has 1 aliphatic rings. The van der Waals surface area contributed by atoms with Crippen LogP contribution in [0.5, 0.6) is 0 Å². The van der Waals surface area contributed by atoms with Gasteiger partial charge in [0.1, 0.15) is 12.7 Å². The summed E-state index contributed by atoms with van der Waals surface area (Å²) in [5, 5.41) is 28.0. The molecule has 25 heavy (non-hydrogen) atoms. The van der Waals surface area contributed by atoms with E-state index in [2.05, 4.69) is 15.0 Å². The first-order chi connectivity index (χ1) is 11.9. The lowest BCUT2D eigenvalue weighted by molar-refractivity contribution is -0.790. The predicted octanol–water partition coefficient (Wildman–Crippen LogP) is 2.17. The summed E-state index contributed by atoms with van der Waals surface area (Å²) in [5.74, 6) is 0. The second kappa shape index (κ2) is 9.15. The van der Waals surface area contributed by atoms with Crippen LogP contribution in [-0.4, -0.2) is 40.4 Å². The zero-order chi connectivity index (χ0) is 18.4. The first-order valence-electron chi connectivity index (χ1n) is 6.84. The molecular formula is C11H14ClN5O6S2. The summed E-state index contributed by atoms with van der Waals surface area (Å²) in [7, 11) is 0. The number of nitrogens with zero attached hydrogens (tertiary/aromatic N) is 3. The Hall–Kier alpha value is -1.67. The maximum Gasteiger partial charge on any atom is 0.294 e. The summed E-state index contributed by atoms with van der Waals surface area (Å²) < 4.78 is 1.89. The number of hydrogen-bond acceptors (Lipinski definition) is 11. The molecule has 138 valence electrons. The largest absolute Gasteiger partial charge is 0.371 e. The smallest absolute Gasteiger partial charge is 0.294 e. The summed E-state index contributed by atoms with van der Waals surface area (Å²) in [6, 6.07) is 3.62. The minimum Gasteiger partial charge on any atom is -0.371 e. The Labute approximate surface area is 155 Å². The van der Waals surface area contributed by atoms with Crippen LogP contribution in [0.25, 0.3) is 0 Å². The van der Waals surface area contributed by atoms with E-state index in [-0.39, 0.29) is 6.42 Å². The van der Waals surface area contributed by atoms with Gasteiger partial charge in [-0.3, -0.25) is 5.14 Å². The van der Waals surface area contributed by atoms with Gasteiger partial charge >= 0.3 is 0 Å². The van der Waals surface area contributed by atoms with Gasteiger partial charge in [-0.25, -0.2) is 4.31 Å². The summed E-state index contributed by atoms with van der Waals surface area (Å²) in [6.07, 6.45) is -0.868. The standard InChI is InChI=1S/C11H14ClN5O6S2/c12-8-3-9-11(4-10(8)24-13)25-15(6-14-9)2-1-7(23-17(20)21)5-22-16(18)19/h3-4,7,14H,1-2,5-6,13H2. The number of hydrogen-bond donors (Lipinski definition) is 2. The molecule has 0 radical (unpaired) electrons. The molecule has 0 saturated heterocycles. The Morgan fingerprint density at radius 2 is 2.20 bits per heavy atom. The first-order valence-corrected chi connectivity index (χ1v) is 8.87. The van der Waals surface area contributed by atoms with E-state index in [0.717, 1.165) is 27.4 Å². The average Bonchev–Trinajstić information content (AvgIpc) is 2.56. The number of nitrogens with two attached hydrogens (primary N) is 1. The van der Waals surface area contributed by atoms with Crippen molar-refractivity contribution in [3.05, 3.63) is 37.4 Å². The SMILES string of the molecule is NSc1cc2c(cc1Cl)NCN(CCC(CO[N+](=O)[O-])O[N+](=O)[O-])S2. The molecule has 1 unspecified atom stereocenters. The molecule has 1 aliphatic heterocycles. The number of fused-ring (bicyclic) bond motifs is 1. The normalized spacial score (nSPS) is 15.0. The predicted molar refractivity (Wildman–Crippen MR) is 92.0 cm³/mol. The molecule has 0 bridgehead atoms. The van der Waals surface area contributed by atoms with E-state index in [0.29, 0.717) is 18.2 Å². The van der Waals surface area contributed by atoms with Gasteiger partial charge in [-0.05, 0) is 42.4 Å². The first kappa shape index (κ1) is 19.7. The maximum absolute atomic E-state index is 10.5. The fraction of sp³-hybridized carbons (Fsp3) is 0.455. The molecular weight excluding hydrogens is 398 g/mol. The fourth-order valence-corrected chi connectivity index (χ4v) is 3.76. The van der Waals surface area contributed by atoms with Crippen molar-refractivity contribution in [1.82, 2.24) is 4.31 Å². The summed E-state index contributed by atoms with van der Waals surface area (Å²) in [4.78, 5) is 30.9. The molecule has 0 aromatic heterocycles. The third kappa shape index (κ3) is 5.97. The molecule has 0 aliphatic carbocycles. The highest BCUT2D eigenvalue weighted by atomic mass is 35.5. The zero-order valence-corrected chi connectivity index (χ0v) is 15.0. The van der Waals surface area contributed by atoms with E-state index >= 15 is 0 Å². The third-order valence-electron chi connectivity index (χ3n) is 3.14. The summed E-state index contributed by atoms with van der Waals surface area (Å²) >= 11 is 8.56. The number of anilines is 1. The summed E-state index contributed by atoms with van der Waals surface area (Å²) in [6.45, 7) is 0.328. The Bertz CT molecular complexity index is 654. The van der Waals surface area contributed by atoms with Crippen molar-refractivity contribution in [3.8, 4) is 0 Å². The van der Waals surface area contributed by atoms with Crippen LogP contribution in [-0.2, 0) is 9.68 Å². The van der Waals surface area contributed by atoms with Gasteiger partial charge < -0.3 is 15.0 Å². The lowest BCUT2D eigenvalue weighted by Crippen LogP contribution is -2.32. The number of nitrogens with one attached hydrogen (secondary N) is 1. The molecule has 0 fully saturated rings. The third-order valence-corrected chi connectivity index (χ3v) is 5.26. The average molecular weight is 412 g/mol. The van der Waals surface area contributed by atoms with Crippen LogP contribution < -0.4 is 10.5 Å². The van der Waals surface area contributed by atoms with Gasteiger partial charge in [0.2, 0.25) is 0 Å². The van der Waals surface area contributed by atoms with Crippen molar-refractivity contribution in [3.63, 3.8) is 0 Å². The maximum atomic E-state index is 10.5. The lowest BCUT2D eigenvalue weighted by atomic mass is 10.2. The van der Waals surface area contributed by atoms with E-state index in [1.165, 1.54) is 11.9 Å². The van der Waals surface area contributed by atoms with Gasteiger partial charge in [-0.2, -0.15) is 0 Å². The number of halogens is 1. The van der Waals surface area contributed by atoms with E-state index in [9.17, 15) is 20.2 Å². The van der Waals surface area contributed by atoms with Crippen LogP contribution in [0.15, 0.2) is 21.9 Å². The van der Waals surface area contributed by atoms with Crippen molar-refractivity contribution >= 4 is 41.2 Å². The van der Waals surface area contributed by atoms with Crippen LogP contribution in [0.2, 0.25) is 5.02 Å². The molecule has 2 rings (SSSR count). The van der Waals surface area contributed by atoms with E-state index < -0.39 is 22.9 Å². The zero-order valence-electron chi connectivity index (χ0n) is 12.6. The molecule has 1 aromatic rings. The molecule has 11 nitrogen and oxygen atoms in total. The molecule has 1 atom stereocenters. The van der Waals surface area contributed by atoms with Gasteiger partial charge in [0.25, 0.3) is 10.2 Å². The van der Waals surface area contributed by atoms with E-state index in [1.807, 2.05) is 10.4 Å². The minimum absolute atomic E-state index is 0.172. The monoisotopic (exact) mass is 411 g/mol. The van der Waals surface area contributed by atoms with Crippen LogP contribution in [0.4, 0.5) is 5.69 Å². The van der Waals surface area contributed by atoms with Crippen LogP contribution in [0.1, 0.15) is 6.42 Å². The Balaban J connectivity index is 1.94. The number of benzene rings is 1. The molecule has 0 amide bonds. The van der Waals surface area contributed by atoms with Crippen molar-refractivity contribution < 1.29 is 19.8 Å². The summed E-state index contributed by atoms with van der Waals surface area (Å²) in [5.41, 5.74) is 0.860. The van der Waals surface area contributed by atoms with Crippen LogP contribution >= 0.6 is 35.5 Å². The number of rotatable bonds is 9. The highest BCUT2D eigenvalue weighted by Gasteiger charge is 2.22. The Morgan fingerprint density at radius 1 is 1.44 bits per heavy atom. The topological polar surface area (TPSA) is 146 Å². The van der Waals surface area contributed by atoms with Gasteiger partial charge in [-0.1, -0.05) is 11.6 Å². The minimum atomic E-state index is -1.04. The molecule has 0 spiro atoms. The van der Waals surface area contributed by atoms with Crippen molar-refractivity contribution in [1.29, 1.82) is 0 Å². The lowest BCUT2D eigenvalue weighted by Gasteiger charge is -2.29. The second-order valence-electron chi connectivity index (χ2n) is 4.79. The van der Waals surface area contributed by atoms with Gasteiger partial charge in [0.15, 0.2) is 0 Å². The molecule has 1 aromatic carbocycles. The highest BCUT2D eigenvalue weighted by molar-refractivity contribution is 7.98. The van der Waals surface area contributed by atoms with Crippen molar-refractivity contribution in [2.45, 2.75) is 22.3 Å². The van der Waals surface area contributed by atoms with Crippen molar-refractivity contribution in [2.24, 2.45) is 5.14 Å². The molecule has 1 heterocycles. The quantitative estimate of drug-likeness (QED) is 0.350. The Morgan fingerprint density at radius 3 is 2.84 bits per heavy atom. The second-order valence-corrected chi connectivity index (χ2v) is 7.01. The van der Waals surface area contributed by atoms with E-state index in [4.69, 9.17) is 16.7 Å². The van der Waals surface area contributed by atoms with E-state index in [1.54, 1.807) is 6.07 Å². The Kier molecular flexibility index (Phi) is 7.19. The van der Waals surface area contributed by atoms with Gasteiger partial charge in [-0.15, -0.1) is 20.2 Å². The van der Waals surface area contributed by atoms with Crippen molar-refractivity contribution in [2.75, 3.05) is 25.1 Å². The molecule has 3 N–H and O–H groups in total. The fourth-order valence-electron chi connectivity index (χ4n) is 2.03. The van der Waals surface area contributed by atoms with Gasteiger partial charge in [0, 0.05) is 16.3 Å². The highest BCUT2D eigenvalue weighted by Crippen LogP contribution is 2.39. The van der Waals surface area contributed by atoms with Crippen LogP contribution in [0.3, 0.4) is 0 Å². The molecule has 14 heteroatoms. The molecule has 0 saturated carbocycles. The van der Waals surface area contributed by atoms with Crippen LogP contribution in [0, 0.1) is 20.2 Å².